The van der Waals surface area contributed by atoms with Crippen LogP contribution in [-0.4, -0.2) is 18.7 Å². The molecule has 0 spiro atoms. The van der Waals surface area contributed by atoms with Crippen LogP contribution < -0.4 is 5.73 Å². The van der Waals surface area contributed by atoms with E-state index in [2.05, 4.69) is 4.74 Å². The number of halogens is 3. The molecule has 1 aromatic rings. The van der Waals surface area contributed by atoms with Crippen LogP contribution in [0.1, 0.15) is 18.5 Å². The topological polar surface area (TPSA) is 52.3 Å². The molecule has 0 aromatic heterocycles. The van der Waals surface area contributed by atoms with Gasteiger partial charge in [-0.05, 0) is 24.6 Å². The molecule has 1 aromatic carbocycles. The molecule has 0 heterocycles. The molecular weight excluding hydrogens is 268 g/mol. The van der Waals surface area contributed by atoms with Crippen molar-refractivity contribution in [3.05, 3.63) is 34.9 Å². The standard InChI is InChI=1S/C11H13ClFNO2.ClH/c1-2-16-11(15)9(13)10(14)7-3-5-8(12)6-4-7;/h3-6,9-10H,2,14H2,1H3;1H/t9?,10-;/m1./s1. The molecule has 0 radical (unpaired) electrons. The molecule has 1 rings (SSSR count). The number of benzene rings is 1. The normalized spacial score (nSPS) is 13.4. The van der Waals surface area contributed by atoms with E-state index in [0.29, 0.717) is 10.6 Å². The van der Waals surface area contributed by atoms with E-state index in [1.807, 2.05) is 0 Å². The molecule has 0 aliphatic carbocycles. The van der Waals surface area contributed by atoms with Crippen molar-refractivity contribution in [2.24, 2.45) is 5.73 Å². The number of ether oxygens (including phenoxy) is 1. The van der Waals surface area contributed by atoms with Gasteiger partial charge in [0.2, 0.25) is 6.17 Å². The van der Waals surface area contributed by atoms with E-state index in [0.717, 1.165) is 0 Å². The van der Waals surface area contributed by atoms with E-state index in [1.54, 1.807) is 31.2 Å². The third kappa shape index (κ3) is 4.50. The number of esters is 1. The zero-order valence-electron chi connectivity index (χ0n) is 9.23. The maximum atomic E-state index is 13.5. The molecule has 2 atom stereocenters. The summed E-state index contributed by atoms with van der Waals surface area (Å²) < 4.78 is 18.1. The quantitative estimate of drug-likeness (QED) is 0.864. The third-order valence-corrected chi connectivity index (χ3v) is 2.33. The number of alkyl halides is 1. The van der Waals surface area contributed by atoms with Crippen molar-refractivity contribution in [2.45, 2.75) is 19.1 Å². The van der Waals surface area contributed by atoms with Gasteiger partial charge in [0, 0.05) is 5.02 Å². The van der Waals surface area contributed by atoms with Crippen molar-refractivity contribution in [1.29, 1.82) is 0 Å². The highest BCUT2D eigenvalue weighted by molar-refractivity contribution is 6.30. The minimum absolute atomic E-state index is 0. The SMILES string of the molecule is CCOC(=O)C(F)[C@H](N)c1ccc(Cl)cc1.Cl. The molecular formula is C11H14Cl2FNO2. The van der Waals surface area contributed by atoms with Crippen LogP contribution in [0, 0.1) is 0 Å². The average molecular weight is 282 g/mol. The molecule has 0 amide bonds. The summed E-state index contributed by atoms with van der Waals surface area (Å²) in [6, 6.07) is 5.32. The Bertz CT molecular complexity index is 359. The van der Waals surface area contributed by atoms with Crippen LogP contribution >= 0.6 is 24.0 Å². The lowest BCUT2D eigenvalue weighted by molar-refractivity contribution is -0.149. The van der Waals surface area contributed by atoms with Crippen LogP contribution in [0.2, 0.25) is 5.02 Å². The van der Waals surface area contributed by atoms with Crippen LogP contribution in [0.4, 0.5) is 4.39 Å². The molecule has 0 bridgehead atoms. The number of rotatable bonds is 4. The van der Waals surface area contributed by atoms with Gasteiger partial charge in [0.05, 0.1) is 12.6 Å². The van der Waals surface area contributed by atoms with E-state index in [-0.39, 0.29) is 19.0 Å². The van der Waals surface area contributed by atoms with Crippen molar-refractivity contribution in [3.8, 4) is 0 Å². The second kappa shape index (κ2) is 7.48. The zero-order valence-corrected chi connectivity index (χ0v) is 10.8. The fourth-order valence-corrected chi connectivity index (χ4v) is 1.35. The van der Waals surface area contributed by atoms with Gasteiger partial charge in [0.1, 0.15) is 0 Å². The lowest BCUT2D eigenvalue weighted by Gasteiger charge is -2.15. The zero-order chi connectivity index (χ0) is 12.1. The summed E-state index contributed by atoms with van der Waals surface area (Å²) in [7, 11) is 0. The minimum atomic E-state index is -1.86. The van der Waals surface area contributed by atoms with Gasteiger partial charge in [-0.25, -0.2) is 9.18 Å². The first-order valence-electron chi connectivity index (χ1n) is 4.88. The first-order chi connectivity index (χ1) is 7.56. The fraction of sp³-hybridized carbons (Fsp3) is 0.364. The van der Waals surface area contributed by atoms with Crippen molar-refractivity contribution in [3.63, 3.8) is 0 Å². The van der Waals surface area contributed by atoms with Crippen LogP contribution in [0.3, 0.4) is 0 Å². The minimum Gasteiger partial charge on any atom is -0.464 e. The van der Waals surface area contributed by atoms with Crippen LogP contribution in [0.5, 0.6) is 0 Å². The second-order valence-electron chi connectivity index (χ2n) is 3.23. The van der Waals surface area contributed by atoms with Crippen molar-refractivity contribution < 1.29 is 13.9 Å². The van der Waals surface area contributed by atoms with E-state index in [4.69, 9.17) is 17.3 Å². The van der Waals surface area contributed by atoms with Crippen molar-refractivity contribution in [1.82, 2.24) is 0 Å². The molecule has 0 aliphatic rings. The molecule has 0 saturated carbocycles. The Morgan fingerprint density at radius 2 is 2.00 bits per heavy atom. The molecule has 6 heteroatoms. The number of nitrogens with two attached hydrogens (primary N) is 1. The molecule has 1 unspecified atom stereocenters. The summed E-state index contributed by atoms with van der Waals surface area (Å²) >= 11 is 5.68. The fourth-order valence-electron chi connectivity index (χ4n) is 1.22. The molecule has 3 nitrogen and oxygen atoms in total. The highest BCUT2D eigenvalue weighted by Gasteiger charge is 2.27. The number of carbonyl (C=O) groups is 1. The Morgan fingerprint density at radius 1 is 1.47 bits per heavy atom. The van der Waals surface area contributed by atoms with Crippen molar-refractivity contribution in [2.75, 3.05) is 6.61 Å². The number of hydrogen-bond acceptors (Lipinski definition) is 3. The van der Waals surface area contributed by atoms with Gasteiger partial charge >= 0.3 is 5.97 Å². The second-order valence-corrected chi connectivity index (χ2v) is 3.67. The summed E-state index contributed by atoms with van der Waals surface area (Å²) in [6.45, 7) is 1.74. The smallest absolute Gasteiger partial charge is 0.342 e. The predicted molar refractivity (Wildman–Crippen MR) is 67.2 cm³/mol. The Balaban J connectivity index is 0.00000256. The highest BCUT2D eigenvalue weighted by Crippen LogP contribution is 2.20. The Hall–Kier alpha value is -0.840. The Morgan fingerprint density at radius 3 is 2.47 bits per heavy atom. The van der Waals surface area contributed by atoms with Crippen LogP contribution in [-0.2, 0) is 9.53 Å². The van der Waals surface area contributed by atoms with Crippen LogP contribution in [0.15, 0.2) is 24.3 Å². The van der Waals surface area contributed by atoms with Gasteiger partial charge < -0.3 is 10.5 Å². The predicted octanol–water partition coefficient (Wildman–Crippen LogP) is 2.66. The molecule has 17 heavy (non-hydrogen) atoms. The maximum absolute atomic E-state index is 13.5. The summed E-state index contributed by atoms with van der Waals surface area (Å²) in [5.41, 5.74) is 6.11. The number of carbonyl (C=O) groups excluding carboxylic acids is 1. The lowest BCUT2D eigenvalue weighted by atomic mass is 10.0. The average Bonchev–Trinajstić information content (AvgIpc) is 2.28. The Labute approximate surface area is 110 Å². The first-order valence-corrected chi connectivity index (χ1v) is 5.25. The van der Waals surface area contributed by atoms with E-state index in [9.17, 15) is 9.18 Å². The molecule has 0 aliphatic heterocycles. The summed E-state index contributed by atoms with van der Waals surface area (Å²) in [6.07, 6.45) is -1.86. The van der Waals surface area contributed by atoms with Crippen molar-refractivity contribution >= 4 is 30.0 Å². The summed E-state index contributed by atoms with van der Waals surface area (Å²) in [5, 5.41) is 0.530. The molecule has 96 valence electrons. The summed E-state index contributed by atoms with van der Waals surface area (Å²) in [4.78, 5) is 11.1. The van der Waals surface area contributed by atoms with Gasteiger partial charge in [-0.3, -0.25) is 0 Å². The largest absolute Gasteiger partial charge is 0.464 e. The highest BCUT2D eigenvalue weighted by atomic mass is 35.5. The Kier molecular flexibility index (Phi) is 7.11. The lowest BCUT2D eigenvalue weighted by Crippen LogP contribution is -2.31. The van der Waals surface area contributed by atoms with Gasteiger partial charge in [0.15, 0.2) is 0 Å². The maximum Gasteiger partial charge on any atom is 0.342 e. The molecule has 0 fully saturated rings. The van der Waals surface area contributed by atoms with Gasteiger partial charge in [-0.15, -0.1) is 12.4 Å². The molecule has 2 N–H and O–H groups in total. The van der Waals surface area contributed by atoms with Gasteiger partial charge in [-0.2, -0.15) is 0 Å². The van der Waals surface area contributed by atoms with Gasteiger partial charge in [-0.1, -0.05) is 23.7 Å². The monoisotopic (exact) mass is 281 g/mol. The van der Waals surface area contributed by atoms with E-state index >= 15 is 0 Å². The van der Waals surface area contributed by atoms with E-state index < -0.39 is 18.2 Å². The molecule has 0 saturated heterocycles. The third-order valence-electron chi connectivity index (χ3n) is 2.08. The first kappa shape index (κ1) is 16.2. The number of hydrogen-bond donors (Lipinski definition) is 1. The summed E-state index contributed by atoms with van der Waals surface area (Å²) in [5.74, 6) is -0.940. The van der Waals surface area contributed by atoms with Gasteiger partial charge in [0.25, 0.3) is 0 Å². The van der Waals surface area contributed by atoms with E-state index in [1.165, 1.54) is 0 Å². The van der Waals surface area contributed by atoms with Crippen LogP contribution in [0.25, 0.3) is 0 Å².